The van der Waals surface area contributed by atoms with Gasteiger partial charge in [0.1, 0.15) is 0 Å². The molecule has 34 heavy (non-hydrogen) atoms. The van der Waals surface area contributed by atoms with Crippen molar-refractivity contribution in [3.8, 4) is 11.1 Å². The zero-order chi connectivity index (χ0) is 24.1. The average Bonchev–Trinajstić information content (AvgIpc) is 3.53. The molecule has 6 nitrogen and oxygen atoms in total. The number of aromatic nitrogens is 2. The SMILES string of the molecule is CCc1cnc(NC(=O)C2(c3cccc(-c4cnc(NCC=CCN(C)C)c(F)c4)c3)CC2)s1. The maximum atomic E-state index is 14.7. The molecule has 1 aliphatic rings. The van der Waals surface area contributed by atoms with Crippen LogP contribution in [0.15, 0.2) is 54.9 Å². The summed E-state index contributed by atoms with van der Waals surface area (Å²) in [6.45, 7) is 3.40. The van der Waals surface area contributed by atoms with Gasteiger partial charge in [-0.1, -0.05) is 43.3 Å². The Kier molecular flexibility index (Phi) is 7.38. The van der Waals surface area contributed by atoms with Crippen molar-refractivity contribution in [2.45, 2.75) is 31.6 Å². The van der Waals surface area contributed by atoms with Gasteiger partial charge >= 0.3 is 0 Å². The summed E-state index contributed by atoms with van der Waals surface area (Å²) in [5.74, 6) is -0.214. The van der Waals surface area contributed by atoms with E-state index in [4.69, 9.17) is 0 Å². The van der Waals surface area contributed by atoms with Gasteiger partial charge in [-0.3, -0.25) is 4.79 Å². The second kappa shape index (κ2) is 10.4. The summed E-state index contributed by atoms with van der Waals surface area (Å²) < 4.78 is 14.7. The number of anilines is 2. The predicted octanol–water partition coefficient (Wildman–Crippen LogP) is 5.11. The van der Waals surface area contributed by atoms with E-state index in [-0.39, 0.29) is 11.7 Å². The van der Waals surface area contributed by atoms with E-state index in [0.717, 1.165) is 41.8 Å². The summed E-state index contributed by atoms with van der Waals surface area (Å²) in [7, 11) is 3.99. The van der Waals surface area contributed by atoms with Crippen LogP contribution in [0.5, 0.6) is 0 Å². The molecule has 0 aliphatic heterocycles. The van der Waals surface area contributed by atoms with Crippen molar-refractivity contribution < 1.29 is 9.18 Å². The number of rotatable bonds is 10. The summed E-state index contributed by atoms with van der Waals surface area (Å²) in [6.07, 6.45) is 9.90. The standard InChI is InChI=1S/C26H30FN5OS/c1-4-21-17-30-25(34-21)31-24(33)26(10-11-26)20-9-7-8-18(14-20)19-15-22(27)23(29-16-19)28-12-5-6-13-32(2)3/h5-9,14-17H,4,10-13H2,1-3H3,(H,28,29)(H,30,31,33). The number of nitrogens with one attached hydrogen (secondary N) is 2. The number of amides is 1. The number of hydrogen-bond donors (Lipinski definition) is 2. The third-order valence-electron chi connectivity index (χ3n) is 5.92. The van der Waals surface area contributed by atoms with Gasteiger partial charge < -0.3 is 15.5 Å². The highest BCUT2D eigenvalue weighted by atomic mass is 32.1. The Morgan fingerprint density at radius 1 is 1.18 bits per heavy atom. The van der Waals surface area contributed by atoms with Crippen molar-refractivity contribution in [2.75, 3.05) is 37.8 Å². The minimum absolute atomic E-state index is 0.0344. The highest BCUT2D eigenvalue weighted by Gasteiger charge is 2.51. The molecule has 1 aromatic carbocycles. The van der Waals surface area contributed by atoms with E-state index in [1.165, 1.54) is 17.4 Å². The van der Waals surface area contributed by atoms with Gasteiger partial charge in [-0.2, -0.15) is 0 Å². The number of likely N-dealkylation sites (N-methyl/N-ethyl adjacent to an activating group) is 1. The molecule has 0 unspecified atom stereocenters. The molecule has 0 atom stereocenters. The van der Waals surface area contributed by atoms with E-state index in [1.807, 2.05) is 50.5 Å². The van der Waals surface area contributed by atoms with Crippen LogP contribution in [0, 0.1) is 5.82 Å². The first-order chi connectivity index (χ1) is 16.4. The fraction of sp³-hybridized carbons (Fsp3) is 0.346. The molecule has 1 aliphatic carbocycles. The highest BCUT2D eigenvalue weighted by Crippen LogP contribution is 2.49. The van der Waals surface area contributed by atoms with Gasteiger partial charge in [-0.25, -0.2) is 14.4 Å². The minimum atomic E-state index is -0.555. The Morgan fingerprint density at radius 3 is 2.68 bits per heavy atom. The van der Waals surface area contributed by atoms with E-state index in [1.54, 1.807) is 12.4 Å². The minimum Gasteiger partial charge on any atom is -0.364 e. The number of benzene rings is 1. The van der Waals surface area contributed by atoms with Crippen LogP contribution in [0.2, 0.25) is 0 Å². The first-order valence-corrected chi connectivity index (χ1v) is 12.3. The van der Waals surface area contributed by atoms with Crippen LogP contribution in [-0.4, -0.2) is 48.0 Å². The molecular weight excluding hydrogens is 449 g/mol. The molecule has 2 heterocycles. The maximum absolute atomic E-state index is 14.7. The largest absolute Gasteiger partial charge is 0.364 e. The van der Waals surface area contributed by atoms with Gasteiger partial charge in [-0.15, -0.1) is 11.3 Å². The van der Waals surface area contributed by atoms with Crippen LogP contribution < -0.4 is 10.6 Å². The maximum Gasteiger partial charge on any atom is 0.236 e. The number of carbonyl (C=O) groups excluding carboxylic acids is 1. The molecule has 1 fully saturated rings. The lowest BCUT2D eigenvalue weighted by molar-refractivity contribution is -0.118. The average molecular weight is 480 g/mol. The molecule has 0 bridgehead atoms. The predicted molar refractivity (Wildman–Crippen MR) is 137 cm³/mol. The lowest BCUT2D eigenvalue weighted by atomic mass is 9.92. The van der Waals surface area contributed by atoms with Crippen LogP contribution in [0.4, 0.5) is 15.3 Å². The molecule has 178 valence electrons. The first-order valence-electron chi connectivity index (χ1n) is 11.5. The number of nitrogens with zero attached hydrogens (tertiary/aromatic N) is 3. The lowest BCUT2D eigenvalue weighted by Gasteiger charge is -2.16. The van der Waals surface area contributed by atoms with Crippen molar-refractivity contribution >= 4 is 28.2 Å². The highest BCUT2D eigenvalue weighted by molar-refractivity contribution is 7.15. The summed E-state index contributed by atoms with van der Waals surface area (Å²) in [6, 6.07) is 9.25. The van der Waals surface area contributed by atoms with Gasteiger partial charge in [0.2, 0.25) is 5.91 Å². The second-order valence-corrected chi connectivity index (χ2v) is 9.89. The fourth-order valence-corrected chi connectivity index (χ4v) is 4.51. The van der Waals surface area contributed by atoms with Crippen LogP contribution >= 0.6 is 11.3 Å². The third kappa shape index (κ3) is 5.51. The summed E-state index contributed by atoms with van der Waals surface area (Å²) in [4.78, 5) is 24.9. The normalized spacial score (nSPS) is 14.5. The zero-order valence-electron chi connectivity index (χ0n) is 19.8. The second-order valence-electron chi connectivity index (χ2n) is 8.77. The molecular formula is C26H30FN5OS. The van der Waals surface area contributed by atoms with Crippen LogP contribution in [0.25, 0.3) is 11.1 Å². The van der Waals surface area contributed by atoms with E-state index in [0.29, 0.717) is 17.2 Å². The van der Waals surface area contributed by atoms with Gasteiger partial charge in [0.15, 0.2) is 16.8 Å². The van der Waals surface area contributed by atoms with Crippen LogP contribution in [0.3, 0.4) is 0 Å². The molecule has 1 saturated carbocycles. The molecule has 0 radical (unpaired) electrons. The Balaban J connectivity index is 1.46. The molecule has 2 aromatic heterocycles. The summed E-state index contributed by atoms with van der Waals surface area (Å²) in [5.41, 5.74) is 1.89. The Hall–Kier alpha value is -3.10. The van der Waals surface area contributed by atoms with Crippen LogP contribution in [0.1, 0.15) is 30.2 Å². The number of carbonyl (C=O) groups is 1. The summed E-state index contributed by atoms with van der Waals surface area (Å²) in [5, 5.41) is 6.63. The van der Waals surface area contributed by atoms with E-state index < -0.39 is 11.2 Å². The fourth-order valence-electron chi connectivity index (χ4n) is 3.76. The Morgan fingerprint density at radius 2 is 2.00 bits per heavy atom. The smallest absolute Gasteiger partial charge is 0.236 e. The molecule has 2 N–H and O–H groups in total. The van der Waals surface area contributed by atoms with Crippen molar-refractivity contribution in [1.82, 2.24) is 14.9 Å². The number of aryl methyl sites for hydroxylation is 1. The van der Waals surface area contributed by atoms with E-state index in [9.17, 15) is 9.18 Å². The molecule has 0 saturated heterocycles. The molecule has 8 heteroatoms. The molecule has 4 rings (SSSR count). The van der Waals surface area contributed by atoms with Gasteiger partial charge in [0.25, 0.3) is 0 Å². The zero-order valence-corrected chi connectivity index (χ0v) is 20.6. The van der Waals surface area contributed by atoms with Crippen molar-refractivity contribution in [2.24, 2.45) is 0 Å². The molecule has 0 spiro atoms. The molecule has 1 amide bonds. The number of hydrogen-bond acceptors (Lipinski definition) is 6. The first kappa shape index (κ1) is 24.0. The van der Waals surface area contributed by atoms with Gasteiger partial charge in [0.05, 0.1) is 5.41 Å². The van der Waals surface area contributed by atoms with Gasteiger partial charge in [-0.05, 0) is 50.6 Å². The van der Waals surface area contributed by atoms with Crippen molar-refractivity contribution in [1.29, 1.82) is 0 Å². The topological polar surface area (TPSA) is 70.1 Å². The van der Waals surface area contributed by atoms with E-state index >= 15 is 0 Å². The monoisotopic (exact) mass is 479 g/mol. The van der Waals surface area contributed by atoms with Gasteiger partial charge in [0, 0.05) is 35.9 Å². The van der Waals surface area contributed by atoms with E-state index in [2.05, 4.69) is 32.4 Å². The Labute approximate surface area is 203 Å². The third-order valence-corrected chi connectivity index (χ3v) is 6.98. The number of halogens is 1. The van der Waals surface area contributed by atoms with Crippen molar-refractivity contribution in [3.63, 3.8) is 0 Å². The number of pyridine rings is 1. The quantitative estimate of drug-likeness (QED) is 0.396. The van der Waals surface area contributed by atoms with Crippen LogP contribution in [-0.2, 0) is 16.6 Å². The van der Waals surface area contributed by atoms with Crippen molar-refractivity contribution in [3.05, 3.63) is 71.1 Å². The summed E-state index contributed by atoms with van der Waals surface area (Å²) >= 11 is 1.51. The Bertz CT molecular complexity index is 1190. The lowest BCUT2D eigenvalue weighted by Crippen LogP contribution is -2.27. The molecule has 3 aromatic rings. The number of thiazole rings is 1.